The van der Waals surface area contributed by atoms with Crippen LogP contribution in [-0.2, 0) is 0 Å². The van der Waals surface area contributed by atoms with Gasteiger partial charge >= 0.3 is 0 Å². The van der Waals surface area contributed by atoms with Gasteiger partial charge in [0, 0.05) is 0 Å². The molecule has 2 aromatic heterocycles. The lowest BCUT2D eigenvalue weighted by atomic mass is 11.1. The summed E-state index contributed by atoms with van der Waals surface area (Å²) < 4.78 is 0. The van der Waals surface area contributed by atoms with Crippen LogP contribution in [0, 0.1) is 0 Å². The second kappa shape index (κ2) is 3.80. The van der Waals surface area contributed by atoms with E-state index < -0.39 is 0 Å². The Balaban J connectivity index is 0.000000132. The number of aromatic nitrogens is 8. The normalized spacial score (nSPS) is 8.92. The third-order valence-electron chi connectivity index (χ3n) is 0.839. The molecule has 11 heteroatoms. The highest BCUT2D eigenvalue weighted by molar-refractivity contribution is 5.07. The van der Waals surface area contributed by atoms with Gasteiger partial charge in [0.2, 0.25) is 0 Å². The van der Waals surface area contributed by atoms with E-state index in [0.717, 1.165) is 0 Å². The van der Waals surface area contributed by atoms with Gasteiger partial charge in [-0.2, -0.15) is 5.21 Å². The minimum Gasteiger partial charge on any atom is -0.408 e. The van der Waals surface area contributed by atoms with E-state index in [-0.39, 0.29) is 11.9 Å². The summed E-state index contributed by atoms with van der Waals surface area (Å²) in [5.74, 6) is 0.0648. The summed E-state index contributed by atoms with van der Waals surface area (Å²) in [6, 6.07) is 0. The summed E-state index contributed by atoms with van der Waals surface area (Å²) in [6.07, 6.45) is 0. The van der Waals surface area contributed by atoms with E-state index >= 15 is 0 Å². The monoisotopic (exact) mass is 186 g/mol. The van der Waals surface area contributed by atoms with Crippen molar-refractivity contribution in [3.63, 3.8) is 0 Å². The SMILES string of the molecule is Nc1nn[nH]n1.Nc1nnnn1O. The fourth-order valence-electron chi connectivity index (χ4n) is 0.359. The topological polar surface area (TPSA) is 170 Å². The highest BCUT2D eigenvalue weighted by atomic mass is 16.5. The van der Waals surface area contributed by atoms with Crippen LogP contribution < -0.4 is 11.5 Å². The van der Waals surface area contributed by atoms with Gasteiger partial charge in [-0.1, -0.05) is 10.2 Å². The van der Waals surface area contributed by atoms with Crippen molar-refractivity contribution < 1.29 is 5.21 Å². The second-order valence-electron chi connectivity index (χ2n) is 1.70. The zero-order chi connectivity index (χ0) is 9.68. The molecule has 0 unspecified atom stereocenters. The first-order chi connectivity index (χ1) is 6.20. The Hall–Kier alpha value is -2.46. The third kappa shape index (κ3) is 2.57. The predicted molar refractivity (Wildman–Crippen MR) is 38.0 cm³/mol. The molecule has 11 nitrogen and oxygen atoms in total. The van der Waals surface area contributed by atoms with Crippen LogP contribution in [0.5, 0.6) is 0 Å². The molecule has 0 saturated heterocycles. The molecular weight excluding hydrogens is 180 g/mol. The summed E-state index contributed by atoms with van der Waals surface area (Å²) in [4.78, 5) is 0.389. The molecule has 2 aromatic rings. The summed E-state index contributed by atoms with van der Waals surface area (Å²) in [5, 5.41) is 29.5. The molecule has 2 rings (SSSR count). The van der Waals surface area contributed by atoms with Crippen LogP contribution in [0.1, 0.15) is 0 Å². The maximum atomic E-state index is 8.31. The van der Waals surface area contributed by atoms with E-state index in [1.165, 1.54) is 0 Å². The Kier molecular flexibility index (Phi) is 2.52. The summed E-state index contributed by atoms with van der Waals surface area (Å²) in [5.41, 5.74) is 9.88. The van der Waals surface area contributed by atoms with Crippen molar-refractivity contribution in [2.24, 2.45) is 0 Å². The highest BCUT2D eigenvalue weighted by Gasteiger charge is 1.91. The lowest BCUT2D eigenvalue weighted by Gasteiger charge is -1.80. The first-order valence-electron chi connectivity index (χ1n) is 2.92. The Morgan fingerprint density at radius 3 is 2.23 bits per heavy atom. The average Bonchev–Trinajstić information content (AvgIpc) is 2.67. The number of nitrogens with one attached hydrogen (secondary N) is 1. The molecule has 0 saturated carbocycles. The van der Waals surface area contributed by atoms with Gasteiger partial charge in [0.25, 0.3) is 11.9 Å². The molecule has 2 heterocycles. The highest BCUT2D eigenvalue weighted by Crippen LogP contribution is 1.81. The third-order valence-corrected chi connectivity index (χ3v) is 0.839. The number of rotatable bonds is 0. The van der Waals surface area contributed by atoms with Gasteiger partial charge < -0.3 is 16.7 Å². The number of nitrogens with two attached hydrogens (primary N) is 2. The molecule has 13 heavy (non-hydrogen) atoms. The van der Waals surface area contributed by atoms with Crippen LogP contribution in [0.15, 0.2) is 0 Å². The van der Waals surface area contributed by atoms with Gasteiger partial charge in [0.05, 0.1) is 0 Å². The van der Waals surface area contributed by atoms with Crippen LogP contribution in [0.3, 0.4) is 0 Å². The van der Waals surface area contributed by atoms with Gasteiger partial charge in [-0.15, -0.1) is 5.10 Å². The minimum atomic E-state index is -0.111. The van der Waals surface area contributed by atoms with E-state index in [9.17, 15) is 0 Å². The molecule has 0 amide bonds. The first kappa shape index (κ1) is 8.63. The number of H-pyrrole nitrogens is 1. The van der Waals surface area contributed by atoms with Crippen LogP contribution in [0.25, 0.3) is 0 Å². The van der Waals surface area contributed by atoms with E-state index in [1.54, 1.807) is 0 Å². The van der Waals surface area contributed by atoms with Crippen molar-refractivity contribution in [3.05, 3.63) is 0 Å². The number of hydrogen-bond acceptors (Lipinski definition) is 9. The van der Waals surface area contributed by atoms with Crippen LogP contribution in [-0.4, -0.2) is 46.2 Å². The standard InChI is InChI=1S/CH3N5O.CH3N5/c2-1-3-4-5-6(1)7;2-1-3-5-6-4-1/h7H,(H2,2,3,5);(H3,2,3,4,5,6). The largest absolute Gasteiger partial charge is 0.408 e. The van der Waals surface area contributed by atoms with E-state index in [0.29, 0.717) is 4.85 Å². The Labute approximate surface area is 70.7 Å². The molecule has 0 aliphatic rings. The minimum absolute atomic E-state index is 0.111. The van der Waals surface area contributed by atoms with Gasteiger partial charge in [0.15, 0.2) is 0 Å². The smallest absolute Gasteiger partial charge is 0.278 e. The molecule has 70 valence electrons. The number of nitrogens with zero attached hydrogens (tertiary/aromatic N) is 7. The van der Waals surface area contributed by atoms with Crippen molar-refractivity contribution in [2.75, 3.05) is 11.5 Å². The maximum Gasteiger partial charge on any atom is 0.278 e. The number of anilines is 2. The molecule has 0 fully saturated rings. The maximum absolute atomic E-state index is 8.31. The van der Waals surface area contributed by atoms with Crippen molar-refractivity contribution >= 4 is 11.9 Å². The Bertz CT molecular complexity index is 319. The fraction of sp³-hybridized carbons (Fsp3) is 0. The molecule has 0 aliphatic heterocycles. The molecule has 0 radical (unpaired) electrons. The zero-order valence-electron chi connectivity index (χ0n) is 6.23. The van der Waals surface area contributed by atoms with Crippen molar-refractivity contribution in [2.45, 2.75) is 0 Å². The molecule has 0 atom stereocenters. The van der Waals surface area contributed by atoms with Gasteiger partial charge in [-0.25, -0.2) is 0 Å². The van der Waals surface area contributed by atoms with Crippen molar-refractivity contribution in [1.82, 2.24) is 41.0 Å². The lowest BCUT2D eigenvalue weighted by molar-refractivity contribution is 0.149. The lowest BCUT2D eigenvalue weighted by Crippen LogP contribution is -1.99. The Morgan fingerprint density at radius 2 is 2.08 bits per heavy atom. The first-order valence-corrected chi connectivity index (χ1v) is 2.92. The van der Waals surface area contributed by atoms with Gasteiger partial charge in [0.1, 0.15) is 0 Å². The summed E-state index contributed by atoms with van der Waals surface area (Å²) >= 11 is 0. The molecule has 0 bridgehead atoms. The average molecular weight is 186 g/mol. The molecule has 0 aromatic carbocycles. The molecule has 0 aliphatic carbocycles. The fourth-order valence-corrected chi connectivity index (χ4v) is 0.359. The summed E-state index contributed by atoms with van der Waals surface area (Å²) in [6.45, 7) is 0. The van der Waals surface area contributed by atoms with Gasteiger partial charge in [-0.3, -0.25) is 0 Å². The number of tetrazole rings is 2. The van der Waals surface area contributed by atoms with Crippen molar-refractivity contribution in [1.29, 1.82) is 0 Å². The van der Waals surface area contributed by atoms with Crippen LogP contribution in [0.2, 0.25) is 0 Å². The molecule has 0 spiro atoms. The second-order valence-corrected chi connectivity index (χ2v) is 1.70. The quantitative estimate of drug-likeness (QED) is 0.319. The van der Waals surface area contributed by atoms with Crippen LogP contribution in [0.4, 0.5) is 11.9 Å². The molecular formula is C2H6N10O. The summed E-state index contributed by atoms with van der Waals surface area (Å²) in [7, 11) is 0. The molecule has 6 N–H and O–H groups in total. The number of hydrogen-bond donors (Lipinski definition) is 4. The predicted octanol–water partition coefficient (Wildman–Crippen LogP) is -2.73. The number of nitrogen functional groups attached to an aromatic ring is 2. The van der Waals surface area contributed by atoms with Crippen LogP contribution >= 0.6 is 0 Å². The van der Waals surface area contributed by atoms with Crippen molar-refractivity contribution in [3.8, 4) is 0 Å². The van der Waals surface area contributed by atoms with Gasteiger partial charge in [-0.05, 0) is 20.5 Å². The Morgan fingerprint density at radius 1 is 1.31 bits per heavy atom. The van der Waals surface area contributed by atoms with E-state index in [2.05, 4.69) is 36.1 Å². The zero-order valence-corrected chi connectivity index (χ0v) is 6.23. The van der Waals surface area contributed by atoms with E-state index in [1.807, 2.05) is 0 Å². The number of aromatic amines is 1. The van der Waals surface area contributed by atoms with E-state index in [4.69, 9.17) is 16.7 Å².